The van der Waals surface area contributed by atoms with Crippen LogP contribution in [-0.4, -0.2) is 18.2 Å². The van der Waals surface area contributed by atoms with Crippen LogP contribution in [0.1, 0.15) is 19.3 Å². The highest BCUT2D eigenvalue weighted by molar-refractivity contribution is 5.76. The molecule has 80 valence electrons. The summed E-state index contributed by atoms with van der Waals surface area (Å²) in [6, 6.07) is 5.62. The van der Waals surface area contributed by atoms with E-state index >= 15 is 0 Å². The maximum absolute atomic E-state index is 9.74. The van der Waals surface area contributed by atoms with Crippen molar-refractivity contribution in [3.8, 4) is 5.75 Å². The molecule has 1 aliphatic carbocycles. The zero-order valence-corrected chi connectivity index (χ0v) is 8.71. The Morgan fingerprint density at radius 3 is 2.67 bits per heavy atom. The van der Waals surface area contributed by atoms with Crippen LogP contribution in [0.25, 0.3) is 0 Å². The van der Waals surface area contributed by atoms with E-state index in [1.54, 1.807) is 6.07 Å². The molecule has 3 rings (SSSR count). The lowest BCUT2D eigenvalue weighted by Gasteiger charge is -2.41. The predicted octanol–water partition coefficient (Wildman–Crippen LogP) is 2.40. The Morgan fingerprint density at radius 2 is 1.93 bits per heavy atom. The minimum atomic E-state index is 0.344. The fourth-order valence-electron chi connectivity index (χ4n) is 2.52. The van der Waals surface area contributed by atoms with Crippen LogP contribution >= 0.6 is 0 Å². The van der Waals surface area contributed by atoms with Crippen molar-refractivity contribution in [2.45, 2.75) is 19.3 Å². The van der Waals surface area contributed by atoms with Crippen LogP contribution < -0.4 is 10.6 Å². The molecule has 3 nitrogen and oxygen atoms in total. The molecule has 0 bridgehead atoms. The first-order chi connectivity index (χ1) is 7.29. The highest BCUT2D eigenvalue weighted by Gasteiger charge is 2.38. The zero-order valence-electron chi connectivity index (χ0n) is 8.71. The van der Waals surface area contributed by atoms with Crippen molar-refractivity contribution in [3.05, 3.63) is 18.2 Å². The summed E-state index contributed by atoms with van der Waals surface area (Å²) in [7, 11) is 0. The summed E-state index contributed by atoms with van der Waals surface area (Å²) in [5.74, 6) is 0.344. The van der Waals surface area contributed by atoms with E-state index < -0.39 is 0 Å². The quantitative estimate of drug-likeness (QED) is 0.568. The van der Waals surface area contributed by atoms with Crippen LogP contribution in [0.2, 0.25) is 0 Å². The maximum atomic E-state index is 9.74. The zero-order chi connectivity index (χ0) is 10.3. The van der Waals surface area contributed by atoms with E-state index in [9.17, 15) is 5.11 Å². The first-order valence-corrected chi connectivity index (χ1v) is 5.59. The van der Waals surface area contributed by atoms with E-state index in [1.165, 1.54) is 19.3 Å². The second kappa shape index (κ2) is 3.05. The van der Waals surface area contributed by atoms with Crippen LogP contribution in [0.3, 0.4) is 0 Å². The van der Waals surface area contributed by atoms with E-state index in [4.69, 9.17) is 0 Å². The average molecular weight is 204 g/mol. The number of phenols is 1. The molecular weight excluding hydrogens is 188 g/mol. The Kier molecular flexibility index (Phi) is 1.81. The van der Waals surface area contributed by atoms with Crippen molar-refractivity contribution < 1.29 is 5.11 Å². The topological polar surface area (TPSA) is 44.3 Å². The molecule has 0 unspecified atom stereocenters. The van der Waals surface area contributed by atoms with Gasteiger partial charge in [-0.15, -0.1) is 0 Å². The molecule has 1 aliphatic heterocycles. The van der Waals surface area contributed by atoms with Crippen LogP contribution in [0.5, 0.6) is 5.75 Å². The number of aromatic hydroxyl groups is 1. The number of para-hydroxylation sites is 1. The minimum absolute atomic E-state index is 0.344. The van der Waals surface area contributed by atoms with Gasteiger partial charge in [0.05, 0.1) is 5.69 Å². The van der Waals surface area contributed by atoms with Crippen molar-refractivity contribution in [2.24, 2.45) is 5.41 Å². The van der Waals surface area contributed by atoms with Gasteiger partial charge in [-0.25, -0.2) is 0 Å². The fourth-order valence-corrected chi connectivity index (χ4v) is 2.52. The number of fused-ring (bicyclic) bond motifs is 1. The van der Waals surface area contributed by atoms with Gasteiger partial charge in [0.15, 0.2) is 0 Å². The van der Waals surface area contributed by atoms with E-state index in [0.717, 1.165) is 24.5 Å². The summed E-state index contributed by atoms with van der Waals surface area (Å²) in [5, 5.41) is 16.5. The average Bonchev–Trinajstić information content (AvgIpc) is 2.37. The highest BCUT2D eigenvalue weighted by Crippen LogP contribution is 2.44. The van der Waals surface area contributed by atoms with Crippen LogP contribution in [-0.2, 0) is 0 Å². The summed E-state index contributed by atoms with van der Waals surface area (Å²) in [6.07, 6.45) is 3.93. The summed E-state index contributed by atoms with van der Waals surface area (Å²) in [6.45, 7) is 2.00. The van der Waals surface area contributed by atoms with E-state index in [2.05, 4.69) is 10.6 Å². The molecule has 1 heterocycles. The molecule has 0 amide bonds. The number of phenolic OH excluding ortho intramolecular Hbond substituents is 1. The smallest absolute Gasteiger partial charge is 0.140 e. The monoisotopic (exact) mass is 204 g/mol. The molecule has 1 aromatic carbocycles. The molecule has 1 aromatic rings. The van der Waals surface area contributed by atoms with Crippen LogP contribution in [0.4, 0.5) is 11.4 Å². The molecule has 0 aromatic heterocycles. The molecular formula is C12H16N2O. The van der Waals surface area contributed by atoms with Crippen molar-refractivity contribution in [3.63, 3.8) is 0 Å². The van der Waals surface area contributed by atoms with Gasteiger partial charge in [0.1, 0.15) is 11.4 Å². The Hall–Kier alpha value is -1.38. The van der Waals surface area contributed by atoms with Crippen molar-refractivity contribution >= 4 is 11.4 Å². The number of hydrogen-bond acceptors (Lipinski definition) is 3. The third-order valence-corrected chi connectivity index (χ3v) is 3.75. The molecule has 3 N–H and O–H groups in total. The standard InChI is InChI=1S/C12H16N2O/c15-10-4-1-3-9-11(10)14-8-12(7-13-9)5-2-6-12/h1,3-4,13-15H,2,5-8H2. The number of hydrogen-bond donors (Lipinski definition) is 3. The fraction of sp³-hybridized carbons (Fsp3) is 0.500. The van der Waals surface area contributed by atoms with Gasteiger partial charge in [0, 0.05) is 18.5 Å². The van der Waals surface area contributed by atoms with Gasteiger partial charge in [0.25, 0.3) is 0 Å². The van der Waals surface area contributed by atoms with Gasteiger partial charge < -0.3 is 15.7 Å². The number of rotatable bonds is 0. The third kappa shape index (κ3) is 1.34. The van der Waals surface area contributed by atoms with Crippen molar-refractivity contribution in [1.82, 2.24) is 0 Å². The Morgan fingerprint density at radius 1 is 1.13 bits per heavy atom. The second-order valence-electron chi connectivity index (χ2n) is 4.76. The van der Waals surface area contributed by atoms with Crippen molar-refractivity contribution in [2.75, 3.05) is 23.7 Å². The lowest BCUT2D eigenvalue weighted by atomic mass is 9.69. The normalized spacial score (nSPS) is 21.9. The molecule has 1 spiro atoms. The first-order valence-electron chi connectivity index (χ1n) is 5.59. The molecule has 0 saturated heterocycles. The maximum Gasteiger partial charge on any atom is 0.140 e. The Balaban J connectivity index is 1.91. The van der Waals surface area contributed by atoms with E-state index in [-0.39, 0.29) is 0 Å². The van der Waals surface area contributed by atoms with Crippen LogP contribution in [0.15, 0.2) is 18.2 Å². The van der Waals surface area contributed by atoms with Gasteiger partial charge >= 0.3 is 0 Å². The van der Waals surface area contributed by atoms with Gasteiger partial charge in [-0.05, 0) is 25.0 Å². The lowest BCUT2D eigenvalue weighted by molar-refractivity contribution is 0.171. The van der Waals surface area contributed by atoms with E-state index in [1.807, 2.05) is 12.1 Å². The lowest BCUT2D eigenvalue weighted by Crippen LogP contribution is -2.40. The summed E-state index contributed by atoms with van der Waals surface area (Å²) in [5.41, 5.74) is 2.31. The molecule has 2 aliphatic rings. The molecule has 0 atom stereocenters. The predicted molar refractivity (Wildman–Crippen MR) is 61.4 cm³/mol. The SMILES string of the molecule is Oc1cccc2c1NCC1(CCC1)CN2. The molecule has 15 heavy (non-hydrogen) atoms. The second-order valence-corrected chi connectivity index (χ2v) is 4.76. The molecule has 3 heteroatoms. The largest absolute Gasteiger partial charge is 0.506 e. The number of nitrogens with one attached hydrogen (secondary N) is 2. The summed E-state index contributed by atoms with van der Waals surface area (Å²) in [4.78, 5) is 0. The van der Waals surface area contributed by atoms with E-state index in [0.29, 0.717) is 11.2 Å². The summed E-state index contributed by atoms with van der Waals surface area (Å²) >= 11 is 0. The molecule has 1 saturated carbocycles. The molecule has 0 radical (unpaired) electrons. The number of anilines is 2. The summed E-state index contributed by atoms with van der Waals surface area (Å²) < 4.78 is 0. The van der Waals surface area contributed by atoms with Gasteiger partial charge in [-0.3, -0.25) is 0 Å². The van der Waals surface area contributed by atoms with Gasteiger partial charge in [-0.1, -0.05) is 12.5 Å². The first kappa shape index (κ1) is 8.89. The minimum Gasteiger partial charge on any atom is -0.506 e. The Labute approximate surface area is 89.5 Å². The van der Waals surface area contributed by atoms with Crippen molar-refractivity contribution in [1.29, 1.82) is 0 Å². The Bertz CT molecular complexity index is 385. The van der Waals surface area contributed by atoms with Gasteiger partial charge in [-0.2, -0.15) is 0 Å². The molecule has 1 fully saturated rings. The number of benzene rings is 1. The highest BCUT2D eigenvalue weighted by atomic mass is 16.3. The van der Waals surface area contributed by atoms with Crippen LogP contribution in [0, 0.1) is 5.41 Å². The van der Waals surface area contributed by atoms with Gasteiger partial charge in [0.2, 0.25) is 0 Å². The third-order valence-electron chi connectivity index (χ3n) is 3.75.